The molecule has 7 heteroatoms. The maximum Gasteiger partial charge on any atom is 0.252 e. The van der Waals surface area contributed by atoms with Crippen molar-refractivity contribution in [3.8, 4) is 11.3 Å². The minimum Gasteiger partial charge on any atom is -0.348 e. The van der Waals surface area contributed by atoms with Crippen molar-refractivity contribution in [3.63, 3.8) is 0 Å². The summed E-state index contributed by atoms with van der Waals surface area (Å²) >= 11 is 0. The zero-order chi connectivity index (χ0) is 21.8. The third-order valence-electron chi connectivity index (χ3n) is 5.29. The molecule has 1 N–H and O–H groups in total. The average Bonchev–Trinajstić information content (AvgIpc) is 3.36. The topological polar surface area (TPSA) is 85.6 Å². The van der Waals surface area contributed by atoms with E-state index < -0.39 is 0 Å². The van der Waals surface area contributed by atoms with Crippen molar-refractivity contribution in [2.45, 2.75) is 13.1 Å². The Labute approximate surface area is 184 Å². The van der Waals surface area contributed by atoms with Crippen molar-refractivity contribution in [1.82, 2.24) is 30.0 Å². The van der Waals surface area contributed by atoms with E-state index in [2.05, 4.69) is 20.4 Å². The van der Waals surface area contributed by atoms with Gasteiger partial charge in [-0.25, -0.2) is 14.6 Å². The molecule has 156 valence electrons. The van der Waals surface area contributed by atoms with E-state index in [1.807, 2.05) is 66.7 Å². The van der Waals surface area contributed by atoms with Crippen LogP contribution in [-0.2, 0) is 13.1 Å². The number of amides is 1. The van der Waals surface area contributed by atoms with Crippen molar-refractivity contribution >= 4 is 16.8 Å². The second-order valence-electron chi connectivity index (χ2n) is 7.35. The van der Waals surface area contributed by atoms with E-state index in [4.69, 9.17) is 4.98 Å². The normalized spacial score (nSPS) is 10.9. The Morgan fingerprint density at radius 2 is 1.69 bits per heavy atom. The number of rotatable bonds is 6. The Morgan fingerprint density at radius 3 is 2.50 bits per heavy atom. The van der Waals surface area contributed by atoms with Crippen LogP contribution in [0.1, 0.15) is 21.5 Å². The zero-order valence-electron chi connectivity index (χ0n) is 17.2. The molecule has 32 heavy (non-hydrogen) atoms. The van der Waals surface area contributed by atoms with Crippen LogP contribution in [0.25, 0.3) is 22.2 Å². The smallest absolute Gasteiger partial charge is 0.252 e. The number of carbonyl (C=O) groups excluding carboxylic acids is 1. The number of hydrogen-bond donors (Lipinski definition) is 1. The number of carbonyl (C=O) groups is 1. The van der Waals surface area contributed by atoms with E-state index in [0.29, 0.717) is 18.7 Å². The van der Waals surface area contributed by atoms with E-state index in [1.165, 1.54) is 6.33 Å². The highest BCUT2D eigenvalue weighted by Crippen LogP contribution is 2.24. The summed E-state index contributed by atoms with van der Waals surface area (Å²) in [5.74, 6) is -0.144. The molecule has 0 atom stereocenters. The SMILES string of the molecule is O=C(NCc1ccccc1Cn1cncn1)c1cc(-c2ccncc2)nc2ccccc12. The van der Waals surface area contributed by atoms with Crippen LogP contribution in [0.5, 0.6) is 0 Å². The Kier molecular flexibility index (Phi) is 5.36. The molecule has 0 bridgehead atoms. The Balaban J connectivity index is 1.44. The summed E-state index contributed by atoms with van der Waals surface area (Å²) in [5.41, 5.74) is 5.13. The molecule has 0 unspecified atom stereocenters. The molecule has 0 aliphatic heterocycles. The van der Waals surface area contributed by atoms with Gasteiger partial charge < -0.3 is 5.32 Å². The standard InChI is InChI=1S/C25H20N6O/c32-25(28-14-19-5-1-2-6-20(19)15-31-17-27-16-29-31)22-13-24(18-9-11-26-12-10-18)30-23-8-4-3-7-21(22)23/h1-13,16-17H,14-15H2,(H,28,32). The minimum atomic E-state index is -0.144. The fraction of sp³-hybridized carbons (Fsp3) is 0.0800. The number of para-hydroxylation sites is 1. The predicted octanol–water partition coefficient (Wildman–Crippen LogP) is 3.87. The van der Waals surface area contributed by atoms with Crippen LogP contribution in [0.15, 0.2) is 91.8 Å². The maximum absolute atomic E-state index is 13.3. The Morgan fingerprint density at radius 1 is 0.906 bits per heavy atom. The van der Waals surface area contributed by atoms with Gasteiger partial charge in [0.25, 0.3) is 5.91 Å². The van der Waals surface area contributed by atoms with Crippen molar-refractivity contribution in [3.05, 3.63) is 108 Å². The molecule has 0 saturated heterocycles. The largest absolute Gasteiger partial charge is 0.348 e. The van der Waals surface area contributed by atoms with Crippen molar-refractivity contribution < 1.29 is 4.79 Å². The highest BCUT2D eigenvalue weighted by atomic mass is 16.1. The molecule has 3 heterocycles. The number of nitrogens with one attached hydrogen (secondary N) is 1. The van der Waals surface area contributed by atoms with Crippen LogP contribution in [0.3, 0.4) is 0 Å². The fourth-order valence-electron chi connectivity index (χ4n) is 3.68. The van der Waals surface area contributed by atoms with Gasteiger partial charge in [-0.1, -0.05) is 42.5 Å². The van der Waals surface area contributed by atoms with Gasteiger partial charge in [-0.2, -0.15) is 5.10 Å². The van der Waals surface area contributed by atoms with Gasteiger partial charge in [0.05, 0.1) is 23.3 Å². The second kappa shape index (κ2) is 8.77. The first kappa shape index (κ1) is 19.6. The van der Waals surface area contributed by atoms with E-state index >= 15 is 0 Å². The van der Waals surface area contributed by atoms with Crippen LogP contribution in [0, 0.1) is 0 Å². The molecule has 5 aromatic rings. The molecule has 0 spiro atoms. The molecule has 0 aliphatic rings. The third-order valence-corrected chi connectivity index (χ3v) is 5.29. The monoisotopic (exact) mass is 420 g/mol. The first-order valence-corrected chi connectivity index (χ1v) is 10.3. The molecule has 5 rings (SSSR count). The van der Waals surface area contributed by atoms with E-state index in [0.717, 1.165) is 33.3 Å². The van der Waals surface area contributed by atoms with E-state index in [1.54, 1.807) is 23.4 Å². The van der Waals surface area contributed by atoms with Gasteiger partial charge in [0.1, 0.15) is 12.7 Å². The summed E-state index contributed by atoms with van der Waals surface area (Å²) in [6, 6.07) is 21.3. The summed E-state index contributed by atoms with van der Waals surface area (Å²) in [7, 11) is 0. The van der Waals surface area contributed by atoms with Gasteiger partial charge in [-0.15, -0.1) is 0 Å². The minimum absolute atomic E-state index is 0.144. The molecule has 2 aromatic carbocycles. The van der Waals surface area contributed by atoms with Crippen molar-refractivity contribution in [2.75, 3.05) is 0 Å². The summed E-state index contributed by atoms with van der Waals surface area (Å²) in [4.78, 5) is 26.1. The van der Waals surface area contributed by atoms with Gasteiger partial charge in [-0.3, -0.25) is 9.78 Å². The first-order valence-electron chi connectivity index (χ1n) is 10.3. The van der Waals surface area contributed by atoms with E-state index in [-0.39, 0.29) is 5.91 Å². The number of nitrogens with zero attached hydrogens (tertiary/aromatic N) is 5. The van der Waals surface area contributed by atoms with Crippen LogP contribution in [0.2, 0.25) is 0 Å². The van der Waals surface area contributed by atoms with Crippen molar-refractivity contribution in [1.29, 1.82) is 0 Å². The molecule has 0 fully saturated rings. The van der Waals surface area contributed by atoms with Gasteiger partial charge in [0.15, 0.2) is 0 Å². The number of hydrogen-bond acceptors (Lipinski definition) is 5. The molecular formula is C25H20N6O. The lowest BCUT2D eigenvalue weighted by atomic mass is 10.0. The zero-order valence-corrected chi connectivity index (χ0v) is 17.2. The number of pyridine rings is 2. The molecule has 3 aromatic heterocycles. The maximum atomic E-state index is 13.3. The predicted molar refractivity (Wildman–Crippen MR) is 122 cm³/mol. The lowest BCUT2D eigenvalue weighted by Gasteiger charge is -2.13. The van der Waals surface area contributed by atoms with E-state index in [9.17, 15) is 4.79 Å². The molecule has 0 saturated carbocycles. The number of benzene rings is 2. The number of aromatic nitrogens is 5. The van der Waals surface area contributed by atoms with Gasteiger partial charge in [-0.05, 0) is 35.4 Å². The molecule has 0 radical (unpaired) electrons. The van der Waals surface area contributed by atoms with Crippen LogP contribution in [-0.4, -0.2) is 30.6 Å². The fourth-order valence-corrected chi connectivity index (χ4v) is 3.68. The Hall–Kier alpha value is -4.39. The second-order valence-corrected chi connectivity index (χ2v) is 7.35. The third kappa shape index (κ3) is 4.09. The lowest BCUT2D eigenvalue weighted by molar-refractivity contribution is 0.0952. The van der Waals surface area contributed by atoms with Crippen LogP contribution >= 0.6 is 0 Å². The highest BCUT2D eigenvalue weighted by Gasteiger charge is 2.14. The first-order chi connectivity index (χ1) is 15.8. The summed E-state index contributed by atoms with van der Waals surface area (Å²) in [5, 5.41) is 8.07. The molecular weight excluding hydrogens is 400 g/mol. The van der Waals surface area contributed by atoms with Crippen LogP contribution < -0.4 is 5.32 Å². The molecule has 0 aliphatic carbocycles. The van der Waals surface area contributed by atoms with Gasteiger partial charge >= 0.3 is 0 Å². The molecule has 7 nitrogen and oxygen atoms in total. The quantitative estimate of drug-likeness (QED) is 0.451. The van der Waals surface area contributed by atoms with Crippen molar-refractivity contribution in [2.24, 2.45) is 0 Å². The number of fused-ring (bicyclic) bond motifs is 1. The summed E-state index contributed by atoms with van der Waals surface area (Å²) in [6.45, 7) is 1.00. The molecule has 1 amide bonds. The highest BCUT2D eigenvalue weighted by molar-refractivity contribution is 6.07. The van der Waals surface area contributed by atoms with Gasteiger partial charge in [0.2, 0.25) is 0 Å². The Bertz CT molecular complexity index is 1370. The van der Waals surface area contributed by atoms with Crippen LogP contribution in [0.4, 0.5) is 0 Å². The lowest BCUT2D eigenvalue weighted by Crippen LogP contribution is -2.24. The summed E-state index contributed by atoms with van der Waals surface area (Å²) < 4.78 is 1.76. The summed E-state index contributed by atoms with van der Waals surface area (Å²) in [6.07, 6.45) is 6.63. The van der Waals surface area contributed by atoms with Gasteiger partial charge in [0, 0.05) is 29.9 Å². The average molecular weight is 420 g/mol.